The van der Waals surface area contributed by atoms with Gasteiger partial charge in [-0.1, -0.05) is 12.1 Å². The van der Waals surface area contributed by atoms with E-state index in [1.165, 1.54) is 11.0 Å². The second-order valence-electron chi connectivity index (χ2n) is 6.65. The van der Waals surface area contributed by atoms with Crippen molar-refractivity contribution in [3.05, 3.63) is 36.2 Å². The lowest BCUT2D eigenvalue weighted by atomic mass is 10.1. The zero-order valence-corrected chi connectivity index (χ0v) is 14.0. The van der Waals surface area contributed by atoms with E-state index in [0.29, 0.717) is 30.9 Å². The molecule has 2 heterocycles. The van der Waals surface area contributed by atoms with E-state index in [2.05, 4.69) is 20.4 Å². The highest BCUT2D eigenvalue weighted by molar-refractivity contribution is 5.97. The molecule has 1 aliphatic rings. The molecule has 8 nitrogen and oxygen atoms in total. The van der Waals surface area contributed by atoms with Gasteiger partial charge in [0, 0.05) is 32.7 Å². The molecule has 0 spiro atoms. The summed E-state index contributed by atoms with van der Waals surface area (Å²) in [5, 5.41) is 21.1. The molecule has 1 fully saturated rings. The Morgan fingerprint density at radius 1 is 1.21 bits per heavy atom. The molecule has 8 heteroatoms. The van der Waals surface area contributed by atoms with Gasteiger partial charge in [0.1, 0.15) is 6.33 Å². The molecular weight excluding hydrogens is 308 g/mol. The highest BCUT2D eigenvalue weighted by Gasteiger charge is 2.26. The minimum atomic E-state index is -0.723. The van der Waals surface area contributed by atoms with Gasteiger partial charge in [-0.2, -0.15) is 4.68 Å². The lowest BCUT2D eigenvalue weighted by Gasteiger charge is -2.37. The average molecular weight is 330 g/mol. The lowest BCUT2D eigenvalue weighted by Crippen LogP contribution is -2.52. The summed E-state index contributed by atoms with van der Waals surface area (Å²) in [4.78, 5) is 16.9. The van der Waals surface area contributed by atoms with Crippen LogP contribution in [-0.4, -0.2) is 79.3 Å². The first kappa shape index (κ1) is 16.5. The molecule has 24 heavy (non-hydrogen) atoms. The molecule has 2 aromatic rings. The number of aliphatic hydroxyl groups is 1. The summed E-state index contributed by atoms with van der Waals surface area (Å²) in [6.07, 6.45) is 1.48. The van der Waals surface area contributed by atoms with Crippen LogP contribution in [0.1, 0.15) is 24.2 Å². The number of nitrogens with zero attached hydrogens (tertiary/aromatic N) is 6. The van der Waals surface area contributed by atoms with Crippen LogP contribution in [0, 0.1) is 0 Å². The Hall–Kier alpha value is -2.32. The van der Waals surface area contributed by atoms with Gasteiger partial charge in [-0.15, -0.1) is 5.10 Å². The topological polar surface area (TPSA) is 87.4 Å². The molecule has 128 valence electrons. The van der Waals surface area contributed by atoms with Crippen LogP contribution < -0.4 is 0 Å². The van der Waals surface area contributed by atoms with Crippen molar-refractivity contribution in [1.29, 1.82) is 0 Å². The number of para-hydroxylation sites is 1. The van der Waals surface area contributed by atoms with E-state index in [0.717, 1.165) is 13.1 Å². The van der Waals surface area contributed by atoms with Gasteiger partial charge in [-0.25, -0.2) is 0 Å². The first-order valence-electron chi connectivity index (χ1n) is 8.00. The Morgan fingerprint density at radius 3 is 2.54 bits per heavy atom. The lowest BCUT2D eigenvalue weighted by molar-refractivity contribution is 0.0178. The summed E-state index contributed by atoms with van der Waals surface area (Å²) in [5.41, 5.74) is 0.533. The van der Waals surface area contributed by atoms with Gasteiger partial charge in [0.05, 0.1) is 16.9 Å². The van der Waals surface area contributed by atoms with Gasteiger partial charge in [-0.3, -0.25) is 9.69 Å². The number of β-amino-alcohol motifs (C(OH)–C–C–N with tert-alkyl or cyclic N) is 1. The molecular formula is C16H22N6O2. The zero-order valence-electron chi connectivity index (χ0n) is 14.0. The smallest absolute Gasteiger partial charge is 0.256 e. The van der Waals surface area contributed by atoms with Crippen LogP contribution in [0.4, 0.5) is 0 Å². The zero-order chi connectivity index (χ0) is 17.2. The second-order valence-corrected chi connectivity index (χ2v) is 6.65. The molecule has 1 N–H and O–H groups in total. The van der Waals surface area contributed by atoms with Crippen molar-refractivity contribution >= 4 is 5.91 Å². The molecule has 0 radical (unpaired) electrons. The Labute approximate surface area is 140 Å². The third kappa shape index (κ3) is 3.77. The van der Waals surface area contributed by atoms with E-state index in [-0.39, 0.29) is 5.91 Å². The molecule has 1 saturated heterocycles. The van der Waals surface area contributed by atoms with Gasteiger partial charge in [0.15, 0.2) is 0 Å². The SMILES string of the molecule is CC(C)(O)CN1CCN(C(=O)c2ccccc2-n2cnnn2)CC1. The fraction of sp³-hybridized carbons (Fsp3) is 0.500. The molecule has 0 bridgehead atoms. The average Bonchev–Trinajstić information content (AvgIpc) is 3.08. The van der Waals surface area contributed by atoms with Crippen LogP contribution in [0.3, 0.4) is 0 Å². The van der Waals surface area contributed by atoms with E-state index in [4.69, 9.17) is 0 Å². The predicted molar refractivity (Wildman–Crippen MR) is 87.8 cm³/mol. The quantitative estimate of drug-likeness (QED) is 0.861. The van der Waals surface area contributed by atoms with E-state index in [9.17, 15) is 9.90 Å². The minimum Gasteiger partial charge on any atom is -0.389 e. The van der Waals surface area contributed by atoms with Gasteiger partial charge < -0.3 is 10.0 Å². The molecule has 3 rings (SSSR count). The number of carbonyl (C=O) groups excluding carboxylic acids is 1. The Balaban J connectivity index is 1.71. The maximum atomic E-state index is 12.9. The number of rotatable bonds is 4. The molecule has 0 saturated carbocycles. The number of tetrazole rings is 1. The second kappa shape index (κ2) is 6.66. The minimum absolute atomic E-state index is 0.0241. The summed E-state index contributed by atoms with van der Waals surface area (Å²) in [6.45, 7) is 6.99. The summed E-state index contributed by atoms with van der Waals surface area (Å²) in [7, 11) is 0. The van der Waals surface area contributed by atoms with Crippen molar-refractivity contribution in [2.75, 3.05) is 32.7 Å². The van der Waals surface area contributed by atoms with Gasteiger partial charge in [-0.05, 0) is 36.4 Å². The third-order valence-corrected chi connectivity index (χ3v) is 4.00. The van der Waals surface area contributed by atoms with Crippen LogP contribution in [0.5, 0.6) is 0 Å². The molecule has 1 aromatic heterocycles. The monoisotopic (exact) mass is 330 g/mol. The largest absolute Gasteiger partial charge is 0.389 e. The number of hydrogen-bond acceptors (Lipinski definition) is 6. The third-order valence-electron chi connectivity index (χ3n) is 4.00. The highest BCUT2D eigenvalue weighted by atomic mass is 16.3. The summed E-state index contributed by atoms with van der Waals surface area (Å²) < 4.78 is 1.50. The standard InChI is InChI=1S/C16H22N6O2/c1-16(2,24)11-20-7-9-21(10-8-20)15(23)13-5-3-4-6-14(13)22-12-17-18-19-22/h3-6,12,24H,7-11H2,1-2H3. The van der Waals surface area contributed by atoms with E-state index < -0.39 is 5.60 Å². The fourth-order valence-electron chi connectivity index (χ4n) is 2.95. The number of carbonyl (C=O) groups is 1. The Morgan fingerprint density at radius 2 is 1.92 bits per heavy atom. The first-order valence-corrected chi connectivity index (χ1v) is 8.00. The van der Waals surface area contributed by atoms with Crippen molar-refractivity contribution in [3.63, 3.8) is 0 Å². The van der Waals surface area contributed by atoms with Crippen molar-refractivity contribution in [3.8, 4) is 5.69 Å². The van der Waals surface area contributed by atoms with Crippen molar-refractivity contribution in [2.45, 2.75) is 19.4 Å². The van der Waals surface area contributed by atoms with Crippen LogP contribution in [0.25, 0.3) is 5.69 Å². The molecule has 0 atom stereocenters. The molecule has 1 aliphatic heterocycles. The Kier molecular flexibility index (Phi) is 4.59. The number of hydrogen-bond donors (Lipinski definition) is 1. The number of benzene rings is 1. The molecule has 0 aliphatic carbocycles. The van der Waals surface area contributed by atoms with E-state index in [1.807, 2.05) is 23.1 Å². The van der Waals surface area contributed by atoms with E-state index in [1.54, 1.807) is 19.9 Å². The van der Waals surface area contributed by atoms with Gasteiger partial charge in [0.2, 0.25) is 0 Å². The maximum absolute atomic E-state index is 12.9. The predicted octanol–water partition coefficient (Wildman–Crippen LogP) is 0.191. The van der Waals surface area contributed by atoms with Crippen molar-refractivity contribution in [2.24, 2.45) is 0 Å². The normalized spacial score (nSPS) is 16.4. The maximum Gasteiger partial charge on any atom is 0.256 e. The summed E-state index contributed by atoms with van der Waals surface area (Å²) in [6, 6.07) is 7.32. The molecule has 0 unspecified atom stereocenters. The number of aromatic nitrogens is 4. The van der Waals surface area contributed by atoms with Crippen LogP contribution >= 0.6 is 0 Å². The fourth-order valence-corrected chi connectivity index (χ4v) is 2.95. The summed E-state index contributed by atoms with van der Waals surface area (Å²) in [5.74, 6) is -0.0241. The summed E-state index contributed by atoms with van der Waals surface area (Å²) >= 11 is 0. The van der Waals surface area contributed by atoms with Gasteiger partial charge >= 0.3 is 0 Å². The highest BCUT2D eigenvalue weighted by Crippen LogP contribution is 2.17. The van der Waals surface area contributed by atoms with Crippen LogP contribution in [0.2, 0.25) is 0 Å². The molecule has 1 aromatic carbocycles. The van der Waals surface area contributed by atoms with Crippen molar-refractivity contribution < 1.29 is 9.90 Å². The van der Waals surface area contributed by atoms with Gasteiger partial charge in [0.25, 0.3) is 5.91 Å². The van der Waals surface area contributed by atoms with E-state index >= 15 is 0 Å². The molecule has 1 amide bonds. The Bertz CT molecular complexity index is 687. The number of amides is 1. The first-order chi connectivity index (χ1) is 11.4. The van der Waals surface area contributed by atoms with Crippen LogP contribution in [-0.2, 0) is 0 Å². The van der Waals surface area contributed by atoms with Crippen molar-refractivity contribution in [1.82, 2.24) is 30.0 Å². The number of piperazine rings is 1. The van der Waals surface area contributed by atoms with Crippen LogP contribution in [0.15, 0.2) is 30.6 Å².